The molecule has 21 heavy (non-hydrogen) atoms. The van der Waals surface area contributed by atoms with Crippen LogP contribution >= 0.6 is 0 Å². The van der Waals surface area contributed by atoms with Crippen molar-refractivity contribution < 1.29 is 9.84 Å². The van der Waals surface area contributed by atoms with E-state index in [0.29, 0.717) is 6.04 Å². The molecule has 4 heteroatoms. The van der Waals surface area contributed by atoms with Crippen molar-refractivity contribution in [3.63, 3.8) is 0 Å². The summed E-state index contributed by atoms with van der Waals surface area (Å²) in [5.74, 6) is 0. The zero-order valence-electron chi connectivity index (χ0n) is 13.4. The van der Waals surface area contributed by atoms with Crippen LogP contribution in [0.4, 0.5) is 0 Å². The molecule has 0 amide bonds. The Hall–Kier alpha value is -0.160. The molecule has 1 aliphatic heterocycles. The summed E-state index contributed by atoms with van der Waals surface area (Å²) in [7, 11) is 0. The van der Waals surface area contributed by atoms with Gasteiger partial charge in [0.15, 0.2) is 0 Å². The number of aliphatic hydroxyl groups is 1. The minimum absolute atomic E-state index is 0.262. The topological polar surface area (TPSA) is 44.7 Å². The van der Waals surface area contributed by atoms with Gasteiger partial charge in [0.05, 0.1) is 13.2 Å². The molecule has 1 unspecified atom stereocenters. The maximum Gasteiger partial charge on any atom is 0.0558 e. The fraction of sp³-hybridized carbons (Fsp3) is 1.00. The van der Waals surface area contributed by atoms with Gasteiger partial charge in [0.25, 0.3) is 0 Å². The average Bonchev–Trinajstić information content (AvgIpc) is 3.18. The lowest BCUT2D eigenvalue weighted by molar-refractivity contribution is -0.0351. The molecule has 0 aromatic carbocycles. The van der Waals surface area contributed by atoms with Gasteiger partial charge in [0, 0.05) is 43.7 Å². The van der Waals surface area contributed by atoms with Crippen LogP contribution in [0.3, 0.4) is 0 Å². The summed E-state index contributed by atoms with van der Waals surface area (Å²) < 4.78 is 5.85. The molecule has 0 spiro atoms. The first kappa shape index (κ1) is 15.7. The van der Waals surface area contributed by atoms with Gasteiger partial charge in [-0.3, -0.25) is 4.90 Å². The molecule has 0 aromatic rings. The van der Waals surface area contributed by atoms with E-state index in [1.807, 2.05) is 0 Å². The largest absolute Gasteiger partial charge is 0.395 e. The fourth-order valence-electron chi connectivity index (χ4n) is 4.10. The summed E-state index contributed by atoms with van der Waals surface area (Å²) in [5.41, 5.74) is 0.262. The van der Waals surface area contributed by atoms with Crippen LogP contribution in [0, 0.1) is 5.41 Å². The van der Waals surface area contributed by atoms with Gasteiger partial charge in [-0.05, 0) is 38.5 Å². The van der Waals surface area contributed by atoms with Crippen LogP contribution in [-0.2, 0) is 4.74 Å². The summed E-state index contributed by atoms with van der Waals surface area (Å²) in [6, 6.07) is 1.46. The fourth-order valence-corrected chi connectivity index (χ4v) is 4.10. The van der Waals surface area contributed by atoms with Crippen molar-refractivity contribution in [2.75, 3.05) is 39.5 Å². The normalized spacial score (nSPS) is 31.1. The summed E-state index contributed by atoms with van der Waals surface area (Å²) in [6.07, 6.45) is 10.5. The molecular formula is C17H32N2O2. The Balaban J connectivity index is 1.61. The zero-order valence-corrected chi connectivity index (χ0v) is 13.4. The van der Waals surface area contributed by atoms with Gasteiger partial charge in [0.1, 0.15) is 0 Å². The minimum Gasteiger partial charge on any atom is -0.395 e. The Bertz CT molecular complexity index is 308. The second-order valence-electron chi connectivity index (χ2n) is 7.44. The van der Waals surface area contributed by atoms with E-state index in [2.05, 4.69) is 10.2 Å². The standard InChI is InChI=1S/C17H32N2O2/c20-10-9-19(16-4-1-2-5-16)13-17(8-3-11-21-14-17)12-18-15-6-7-15/h15-16,18,20H,1-14H2. The minimum atomic E-state index is 0.262. The molecule has 3 rings (SSSR count). The van der Waals surface area contributed by atoms with E-state index >= 15 is 0 Å². The monoisotopic (exact) mass is 296 g/mol. The van der Waals surface area contributed by atoms with Gasteiger partial charge < -0.3 is 15.2 Å². The second kappa shape index (κ2) is 7.40. The molecule has 0 aromatic heterocycles. The van der Waals surface area contributed by atoms with Crippen LogP contribution < -0.4 is 5.32 Å². The van der Waals surface area contributed by atoms with Crippen LogP contribution in [0.25, 0.3) is 0 Å². The highest BCUT2D eigenvalue weighted by molar-refractivity contribution is 4.93. The Morgan fingerprint density at radius 3 is 2.57 bits per heavy atom. The highest BCUT2D eigenvalue weighted by Gasteiger charge is 2.38. The summed E-state index contributed by atoms with van der Waals surface area (Å²) in [4.78, 5) is 2.57. The molecule has 2 saturated carbocycles. The van der Waals surface area contributed by atoms with E-state index in [1.54, 1.807) is 0 Å². The van der Waals surface area contributed by atoms with E-state index in [0.717, 1.165) is 38.9 Å². The highest BCUT2D eigenvalue weighted by atomic mass is 16.5. The van der Waals surface area contributed by atoms with Gasteiger partial charge >= 0.3 is 0 Å². The number of hydrogen-bond donors (Lipinski definition) is 2. The van der Waals surface area contributed by atoms with Crippen LogP contribution in [0.2, 0.25) is 0 Å². The van der Waals surface area contributed by atoms with Crippen LogP contribution in [0.1, 0.15) is 51.4 Å². The average molecular weight is 296 g/mol. The number of nitrogens with one attached hydrogen (secondary N) is 1. The summed E-state index contributed by atoms with van der Waals surface area (Å²) >= 11 is 0. The van der Waals surface area contributed by atoms with Crippen molar-refractivity contribution in [2.24, 2.45) is 5.41 Å². The van der Waals surface area contributed by atoms with Gasteiger partial charge in [-0.15, -0.1) is 0 Å². The third-order valence-electron chi connectivity index (χ3n) is 5.51. The molecule has 122 valence electrons. The number of ether oxygens (including phenoxy) is 1. The Labute approximate surface area is 129 Å². The first-order valence-electron chi connectivity index (χ1n) is 8.97. The van der Waals surface area contributed by atoms with Crippen molar-refractivity contribution in [3.8, 4) is 0 Å². The van der Waals surface area contributed by atoms with Crippen molar-refractivity contribution in [2.45, 2.75) is 63.5 Å². The van der Waals surface area contributed by atoms with Crippen molar-refractivity contribution >= 4 is 0 Å². The van der Waals surface area contributed by atoms with Crippen LogP contribution in [-0.4, -0.2) is 61.5 Å². The molecule has 2 N–H and O–H groups in total. The van der Waals surface area contributed by atoms with Crippen LogP contribution in [0.5, 0.6) is 0 Å². The second-order valence-corrected chi connectivity index (χ2v) is 7.44. The van der Waals surface area contributed by atoms with Crippen molar-refractivity contribution in [1.82, 2.24) is 10.2 Å². The molecule has 1 saturated heterocycles. The van der Waals surface area contributed by atoms with E-state index in [-0.39, 0.29) is 12.0 Å². The molecule has 2 aliphatic carbocycles. The van der Waals surface area contributed by atoms with Crippen molar-refractivity contribution in [1.29, 1.82) is 0 Å². The quantitative estimate of drug-likeness (QED) is 0.716. The van der Waals surface area contributed by atoms with Crippen molar-refractivity contribution in [3.05, 3.63) is 0 Å². The van der Waals surface area contributed by atoms with E-state index in [9.17, 15) is 5.11 Å². The molecule has 3 aliphatic rings. The number of nitrogens with zero attached hydrogens (tertiary/aromatic N) is 1. The van der Waals surface area contributed by atoms with Gasteiger partial charge in [-0.25, -0.2) is 0 Å². The predicted octanol–water partition coefficient (Wildman–Crippen LogP) is 1.77. The maximum absolute atomic E-state index is 9.45. The zero-order chi connectivity index (χ0) is 14.5. The summed E-state index contributed by atoms with van der Waals surface area (Å²) in [6.45, 7) is 5.11. The first-order chi connectivity index (χ1) is 10.3. The Kier molecular flexibility index (Phi) is 5.54. The SMILES string of the molecule is OCCN(CC1(CNC2CC2)CCCOC1)C1CCCC1. The lowest BCUT2D eigenvalue weighted by Gasteiger charge is -2.43. The Morgan fingerprint density at radius 1 is 1.14 bits per heavy atom. The first-order valence-corrected chi connectivity index (χ1v) is 8.97. The third kappa shape index (κ3) is 4.41. The van der Waals surface area contributed by atoms with Gasteiger partial charge in [-0.1, -0.05) is 12.8 Å². The van der Waals surface area contributed by atoms with Gasteiger partial charge in [-0.2, -0.15) is 0 Å². The molecule has 4 nitrogen and oxygen atoms in total. The molecule has 1 heterocycles. The number of rotatable bonds is 8. The molecule has 3 fully saturated rings. The third-order valence-corrected chi connectivity index (χ3v) is 5.51. The van der Waals surface area contributed by atoms with Gasteiger partial charge in [0.2, 0.25) is 0 Å². The molecule has 0 radical (unpaired) electrons. The molecule has 0 bridgehead atoms. The molecule has 1 atom stereocenters. The van der Waals surface area contributed by atoms with E-state index in [1.165, 1.54) is 51.4 Å². The predicted molar refractivity (Wildman–Crippen MR) is 84.4 cm³/mol. The smallest absolute Gasteiger partial charge is 0.0558 e. The Morgan fingerprint density at radius 2 is 1.95 bits per heavy atom. The highest BCUT2D eigenvalue weighted by Crippen LogP contribution is 2.33. The molecular weight excluding hydrogens is 264 g/mol. The van der Waals surface area contributed by atoms with Crippen LogP contribution in [0.15, 0.2) is 0 Å². The maximum atomic E-state index is 9.45. The lowest BCUT2D eigenvalue weighted by atomic mass is 9.81. The lowest BCUT2D eigenvalue weighted by Crippen LogP contribution is -2.52. The number of hydrogen-bond acceptors (Lipinski definition) is 4. The van der Waals surface area contributed by atoms with E-state index in [4.69, 9.17) is 4.74 Å². The summed E-state index contributed by atoms with van der Waals surface area (Å²) in [5, 5.41) is 13.2. The van der Waals surface area contributed by atoms with E-state index < -0.39 is 0 Å². The number of aliphatic hydroxyl groups excluding tert-OH is 1.